The van der Waals surface area contributed by atoms with Gasteiger partial charge in [0.05, 0.1) is 5.52 Å². The van der Waals surface area contributed by atoms with Crippen LogP contribution in [0, 0.1) is 0 Å². The van der Waals surface area contributed by atoms with E-state index in [1.165, 1.54) is 23.8 Å². The molecule has 0 aliphatic heterocycles. The van der Waals surface area contributed by atoms with Gasteiger partial charge in [0.15, 0.2) is 0 Å². The number of nitrogens with zero attached hydrogens (tertiary/aromatic N) is 1. The van der Waals surface area contributed by atoms with Gasteiger partial charge in [-0.2, -0.15) is 0 Å². The van der Waals surface area contributed by atoms with Crippen molar-refractivity contribution in [2.75, 3.05) is 0 Å². The lowest BCUT2D eigenvalue weighted by molar-refractivity contribution is -0.151. The number of ether oxygens (including phenoxy) is 2. The highest BCUT2D eigenvalue weighted by molar-refractivity contribution is 5.92. The van der Waals surface area contributed by atoms with Crippen molar-refractivity contribution in [1.29, 1.82) is 0 Å². The first kappa shape index (κ1) is 22.3. The van der Waals surface area contributed by atoms with E-state index in [-0.39, 0.29) is 12.1 Å². The number of nitrogens with two attached hydrogens (primary N) is 1. The average molecular weight is 415 g/mol. The third kappa shape index (κ3) is 5.85. The molecule has 1 aromatic heterocycles. The maximum atomic E-state index is 12.6. The molecular weight excluding hydrogens is 380 g/mol. The van der Waals surface area contributed by atoms with E-state index in [0.717, 1.165) is 42.1 Å². The molecule has 0 radical (unpaired) electrons. The van der Waals surface area contributed by atoms with Crippen molar-refractivity contribution < 1.29 is 19.1 Å². The lowest BCUT2D eigenvalue weighted by atomic mass is 9.98. The van der Waals surface area contributed by atoms with Crippen LogP contribution in [0.15, 0.2) is 30.5 Å². The Balaban J connectivity index is 1.73. The van der Waals surface area contributed by atoms with E-state index in [1.54, 1.807) is 6.20 Å². The number of carbonyl (C=O) groups excluding carboxylic acids is 2. The van der Waals surface area contributed by atoms with Crippen molar-refractivity contribution in [2.24, 2.45) is 5.73 Å². The number of carbonyl (C=O) groups is 2. The van der Waals surface area contributed by atoms with Gasteiger partial charge in [-0.05, 0) is 58.1 Å². The van der Waals surface area contributed by atoms with E-state index in [9.17, 15) is 9.59 Å². The minimum Gasteiger partial charge on any atom is -0.461 e. The van der Waals surface area contributed by atoms with Crippen LogP contribution >= 0.6 is 0 Å². The number of hydrogen-bond donors (Lipinski definition) is 1. The Morgan fingerprint density at radius 3 is 2.40 bits per heavy atom. The van der Waals surface area contributed by atoms with Gasteiger partial charge in [-0.15, -0.1) is 0 Å². The summed E-state index contributed by atoms with van der Waals surface area (Å²) in [5, 5.41) is 0.887. The van der Waals surface area contributed by atoms with Crippen molar-refractivity contribution in [2.45, 2.75) is 89.9 Å². The van der Waals surface area contributed by atoms with E-state index in [0.29, 0.717) is 6.42 Å². The number of fused-ring (bicyclic) bond motifs is 1. The maximum Gasteiger partial charge on any atom is 0.419 e. The number of para-hydroxylation sites is 1. The van der Waals surface area contributed by atoms with Crippen molar-refractivity contribution in [1.82, 2.24) is 4.57 Å². The Kier molecular flexibility index (Phi) is 7.19. The SMILES string of the molecule is CC(C)(C)OC(=O)n1cc(CC(N)C(=O)OC2CCCCCCC2)c2ccccc21. The highest BCUT2D eigenvalue weighted by atomic mass is 16.6. The molecule has 1 aliphatic carbocycles. The Hall–Kier alpha value is -2.34. The van der Waals surface area contributed by atoms with Gasteiger partial charge in [-0.3, -0.25) is 9.36 Å². The number of hydrogen-bond acceptors (Lipinski definition) is 5. The molecule has 30 heavy (non-hydrogen) atoms. The summed E-state index contributed by atoms with van der Waals surface area (Å²) in [6.07, 6.45) is 9.22. The van der Waals surface area contributed by atoms with Gasteiger partial charge in [0.25, 0.3) is 0 Å². The van der Waals surface area contributed by atoms with E-state index >= 15 is 0 Å². The van der Waals surface area contributed by atoms with E-state index in [4.69, 9.17) is 15.2 Å². The largest absolute Gasteiger partial charge is 0.461 e. The van der Waals surface area contributed by atoms with Gasteiger partial charge in [-0.1, -0.05) is 37.5 Å². The molecule has 0 saturated heterocycles. The molecule has 1 saturated carbocycles. The molecule has 1 atom stereocenters. The summed E-state index contributed by atoms with van der Waals surface area (Å²) in [5.74, 6) is -0.366. The third-order valence-corrected chi connectivity index (χ3v) is 5.46. The van der Waals surface area contributed by atoms with Gasteiger partial charge in [0, 0.05) is 18.0 Å². The van der Waals surface area contributed by atoms with Crippen LogP contribution in [0.3, 0.4) is 0 Å². The Bertz CT molecular complexity index is 873. The molecule has 1 aromatic carbocycles. The second-order valence-corrected chi connectivity index (χ2v) is 9.24. The van der Waals surface area contributed by atoms with Gasteiger partial charge in [0.2, 0.25) is 0 Å². The van der Waals surface area contributed by atoms with Crippen molar-refractivity contribution >= 4 is 23.0 Å². The Labute approximate surface area is 178 Å². The molecular formula is C24H34N2O4. The van der Waals surface area contributed by atoms with Crippen molar-refractivity contribution in [3.63, 3.8) is 0 Å². The minimum absolute atomic E-state index is 0.0352. The fourth-order valence-electron chi connectivity index (χ4n) is 3.98. The summed E-state index contributed by atoms with van der Waals surface area (Å²) in [4.78, 5) is 25.3. The molecule has 1 unspecified atom stereocenters. The first-order valence-corrected chi connectivity index (χ1v) is 11.0. The van der Waals surface area contributed by atoms with Gasteiger partial charge >= 0.3 is 12.1 Å². The molecule has 0 spiro atoms. The highest BCUT2D eigenvalue weighted by Crippen LogP contribution is 2.25. The van der Waals surface area contributed by atoms with Crippen LogP contribution in [0.2, 0.25) is 0 Å². The molecule has 3 rings (SSSR count). The molecule has 2 aromatic rings. The van der Waals surface area contributed by atoms with Crippen molar-refractivity contribution in [3.8, 4) is 0 Å². The van der Waals surface area contributed by atoms with Crippen LogP contribution in [-0.2, 0) is 20.7 Å². The first-order chi connectivity index (χ1) is 14.2. The first-order valence-electron chi connectivity index (χ1n) is 11.0. The monoisotopic (exact) mass is 414 g/mol. The third-order valence-electron chi connectivity index (χ3n) is 5.46. The predicted molar refractivity (Wildman–Crippen MR) is 117 cm³/mol. The number of esters is 1. The van der Waals surface area contributed by atoms with Gasteiger partial charge in [0.1, 0.15) is 17.7 Å². The molecule has 6 nitrogen and oxygen atoms in total. The minimum atomic E-state index is -0.770. The molecule has 1 aliphatic rings. The van der Waals surface area contributed by atoms with Crippen LogP contribution in [0.4, 0.5) is 4.79 Å². The number of benzene rings is 1. The zero-order chi connectivity index (χ0) is 21.7. The summed E-state index contributed by atoms with van der Waals surface area (Å²) in [6, 6.07) is 6.80. The van der Waals surface area contributed by atoms with Crippen LogP contribution < -0.4 is 5.73 Å². The molecule has 1 heterocycles. The van der Waals surface area contributed by atoms with Crippen LogP contribution in [0.5, 0.6) is 0 Å². The standard InChI is InChI=1S/C24H34N2O4/c1-24(2,3)30-23(28)26-16-17(19-13-9-10-14-21(19)26)15-20(25)22(27)29-18-11-7-5-4-6-8-12-18/h9-10,13-14,16,18,20H,4-8,11-12,15,25H2,1-3H3. The maximum absolute atomic E-state index is 12.6. The van der Waals surface area contributed by atoms with Gasteiger partial charge < -0.3 is 15.2 Å². The Morgan fingerprint density at radius 2 is 1.73 bits per heavy atom. The molecule has 6 heteroatoms. The fraction of sp³-hybridized carbons (Fsp3) is 0.583. The summed E-state index contributed by atoms with van der Waals surface area (Å²) in [5.41, 5.74) is 7.19. The molecule has 0 bridgehead atoms. The lowest BCUT2D eigenvalue weighted by Gasteiger charge is -2.22. The summed E-state index contributed by atoms with van der Waals surface area (Å²) in [7, 11) is 0. The van der Waals surface area contributed by atoms with Crippen molar-refractivity contribution in [3.05, 3.63) is 36.0 Å². The normalized spacial score (nSPS) is 17.2. The second kappa shape index (κ2) is 9.65. The highest BCUT2D eigenvalue weighted by Gasteiger charge is 2.25. The molecule has 0 amide bonds. The average Bonchev–Trinajstić information content (AvgIpc) is 3.01. The van der Waals surface area contributed by atoms with E-state index in [2.05, 4.69) is 0 Å². The van der Waals surface area contributed by atoms with Crippen LogP contribution in [0.1, 0.15) is 71.3 Å². The zero-order valence-corrected chi connectivity index (χ0v) is 18.4. The molecule has 1 fully saturated rings. The number of aromatic nitrogens is 1. The predicted octanol–water partition coefficient (Wildman–Crippen LogP) is 4.95. The zero-order valence-electron chi connectivity index (χ0n) is 18.4. The summed E-state index contributed by atoms with van der Waals surface area (Å²) < 4.78 is 12.7. The van der Waals surface area contributed by atoms with Crippen LogP contribution in [0.25, 0.3) is 10.9 Å². The topological polar surface area (TPSA) is 83.5 Å². The van der Waals surface area contributed by atoms with Gasteiger partial charge in [-0.25, -0.2) is 4.79 Å². The summed E-state index contributed by atoms with van der Waals surface area (Å²) >= 11 is 0. The Morgan fingerprint density at radius 1 is 1.10 bits per heavy atom. The van der Waals surface area contributed by atoms with Crippen LogP contribution in [-0.4, -0.2) is 34.4 Å². The number of rotatable bonds is 4. The molecule has 2 N–H and O–H groups in total. The summed E-state index contributed by atoms with van der Waals surface area (Å²) in [6.45, 7) is 5.50. The second-order valence-electron chi connectivity index (χ2n) is 9.24. The molecule has 164 valence electrons. The smallest absolute Gasteiger partial charge is 0.419 e. The fourth-order valence-corrected chi connectivity index (χ4v) is 3.98. The van der Waals surface area contributed by atoms with E-state index in [1.807, 2.05) is 45.0 Å². The lowest BCUT2D eigenvalue weighted by Crippen LogP contribution is -2.37. The van der Waals surface area contributed by atoms with E-state index < -0.39 is 17.7 Å². The quantitative estimate of drug-likeness (QED) is 0.716.